The number of aliphatic imine (C=N–C) groups is 1. The van der Waals surface area contributed by atoms with E-state index in [-0.39, 0.29) is 5.78 Å². The molecule has 0 spiro atoms. The molecule has 1 atom stereocenters. The number of ether oxygens (including phenoxy) is 1. The molecule has 0 saturated heterocycles. The summed E-state index contributed by atoms with van der Waals surface area (Å²) in [5.41, 5.74) is 1.15. The minimum absolute atomic E-state index is 0.0742. The number of rotatable bonds is 3. The summed E-state index contributed by atoms with van der Waals surface area (Å²) in [4.78, 5) is 15.8. The van der Waals surface area contributed by atoms with Crippen LogP contribution in [-0.4, -0.2) is 18.6 Å². The molecule has 3 heteroatoms. The van der Waals surface area contributed by atoms with Crippen molar-refractivity contribution in [1.29, 1.82) is 0 Å². The second kappa shape index (κ2) is 3.19. The fourth-order valence-electron chi connectivity index (χ4n) is 1.87. The molecular weight excluding hydrogens is 190 g/mol. The van der Waals surface area contributed by atoms with Crippen molar-refractivity contribution in [3.63, 3.8) is 0 Å². The molecule has 0 N–H and O–H groups in total. The highest BCUT2D eigenvalue weighted by Crippen LogP contribution is 2.40. The normalized spacial score (nSPS) is 23.3. The minimum Gasteiger partial charge on any atom is -0.497 e. The molecule has 0 saturated carbocycles. The van der Waals surface area contributed by atoms with Crippen LogP contribution in [0.4, 0.5) is 0 Å². The van der Waals surface area contributed by atoms with Crippen LogP contribution in [0, 0.1) is 0 Å². The van der Waals surface area contributed by atoms with Crippen LogP contribution in [0.3, 0.4) is 0 Å². The highest BCUT2D eigenvalue weighted by Gasteiger charge is 2.50. The van der Waals surface area contributed by atoms with E-state index >= 15 is 0 Å². The molecular formula is C12H13NO2. The predicted molar refractivity (Wildman–Crippen MR) is 58.5 cm³/mol. The smallest absolute Gasteiger partial charge is 0.180 e. The first-order chi connectivity index (χ1) is 7.11. The third-order valence-electron chi connectivity index (χ3n) is 2.83. The van der Waals surface area contributed by atoms with Crippen molar-refractivity contribution in [3.05, 3.63) is 29.8 Å². The number of methoxy groups -OCH3 is 1. The molecule has 2 rings (SSSR count). The zero-order valence-corrected chi connectivity index (χ0v) is 9.07. The maximum Gasteiger partial charge on any atom is 0.180 e. The molecule has 0 radical (unpaired) electrons. The first-order valence-electron chi connectivity index (χ1n) is 4.84. The highest BCUT2D eigenvalue weighted by atomic mass is 16.5. The summed E-state index contributed by atoms with van der Waals surface area (Å²) in [5.74, 6) is 0.862. The number of carbonyl (C=O) groups is 1. The highest BCUT2D eigenvalue weighted by molar-refractivity contribution is 6.22. The zero-order valence-electron chi connectivity index (χ0n) is 9.07. The summed E-state index contributed by atoms with van der Waals surface area (Å²) < 4.78 is 5.07. The maximum absolute atomic E-state index is 11.5. The fourth-order valence-corrected chi connectivity index (χ4v) is 1.87. The average molecular weight is 203 g/mol. The number of hydrogen-bond acceptors (Lipinski definition) is 3. The van der Waals surface area contributed by atoms with Gasteiger partial charge in [-0.15, -0.1) is 0 Å². The molecule has 0 aromatic heterocycles. The van der Waals surface area contributed by atoms with E-state index in [1.807, 2.05) is 31.2 Å². The van der Waals surface area contributed by atoms with Crippen LogP contribution in [0.5, 0.6) is 5.75 Å². The molecule has 0 fully saturated rings. The molecule has 1 aliphatic heterocycles. The van der Waals surface area contributed by atoms with E-state index in [1.165, 1.54) is 0 Å². The summed E-state index contributed by atoms with van der Waals surface area (Å²) in [5, 5.41) is 0. The van der Waals surface area contributed by atoms with Crippen LogP contribution < -0.4 is 4.74 Å². The molecule has 0 aliphatic carbocycles. The van der Waals surface area contributed by atoms with Crippen LogP contribution >= 0.6 is 0 Å². The van der Waals surface area contributed by atoms with Crippen molar-refractivity contribution in [2.75, 3.05) is 7.11 Å². The lowest BCUT2D eigenvalue weighted by Gasteiger charge is -2.11. The maximum atomic E-state index is 11.5. The number of Topliss-reactive ketones (excluding diaryl/α,β-unsaturated/α-hetero) is 1. The molecule has 1 unspecified atom stereocenters. The third-order valence-corrected chi connectivity index (χ3v) is 2.83. The molecule has 0 bridgehead atoms. The topological polar surface area (TPSA) is 38.7 Å². The first-order valence-corrected chi connectivity index (χ1v) is 4.84. The van der Waals surface area contributed by atoms with Crippen LogP contribution in [0.1, 0.15) is 19.4 Å². The molecule has 1 aliphatic rings. The Kier molecular flexibility index (Phi) is 2.11. The van der Waals surface area contributed by atoms with E-state index in [4.69, 9.17) is 4.74 Å². The first kappa shape index (κ1) is 9.90. The Bertz CT molecular complexity index is 433. The van der Waals surface area contributed by atoms with E-state index in [0.29, 0.717) is 0 Å². The Morgan fingerprint density at radius 1 is 1.33 bits per heavy atom. The van der Waals surface area contributed by atoms with Crippen LogP contribution in [0.25, 0.3) is 0 Å². The van der Waals surface area contributed by atoms with Gasteiger partial charge in [0, 0.05) is 0 Å². The Morgan fingerprint density at radius 2 is 1.87 bits per heavy atom. The summed E-state index contributed by atoms with van der Waals surface area (Å²) in [6, 6.07) is 7.47. The van der Waals surface area contributed by atoms with Gasteiger partial charge in [-0.05, 0) is 31.5 Å². The number of hydrogen-bond donors (Lipinski definition) is 0. The van der Waals surface area contributed by atoms with E-state index in [0.717, 1.165) is 17.0 Å². The van der Waals surface area contributed by atoms with Crippen molar-refractivity contribution >= 4 is 11.5 Å². The Balaban J connectivity index is 2.34. The van der Waals surface area contributed by atoms with Crippen molar-refractivity contribution in [2.24, 2.45) is 4.99 Å². The monoisotopic (exact) mass is 203 g/mol. The van der Waals surface area contributed by atoms with E-state index in [9.17, 15) is 4.79 Å². The molecule has 78 valence electrons. The Hall–Kier alpha value is -1.64. The van der Waals surface area contributed by atoms with Crippen molar-refractivity contribution in [2.45, 2.75) is 19.4 Å². The van der Waals surface area contributed by atoms with Crippen LogP contribution in [-0.2, 0) is 10.3 Å². The number of carbonyl (C=O) groups excluding carboxylic acids is 1. The molecule has 3 nitrogen and oxygen atoms in total. The quantitative estimate of drug-likeness (QED) is 0.753. The van der Waals surface area contributed by atoms with Gasteiger partial charge in [0.15, 0.2) is 11.3 Å². The standard InChI is InChI=1S/C12H13NO2/c1-8-12(13-8,9(2)14)10-4-6-11(15-3)7-5-10/h4-7H,1-3H3. The second-order valence-electron chi connectivity index (χ2n) is 3.69. The molecule has 1 heterocycles. The average Bonchev–Trinajstić information content (AvgIpc) is 2.92. The van der Waals surface area contributed by atoms with Gasteiger partial charge in [-0.25, -0.2) is 0 Å². The largest absolute Gasteiger partial charge is 0.497 e. The van der Waals surface area contributed by atoms with Gasteiger partial charge in [-0.1, -0.05) is 12.1 Å². The number of ketones is 1. The summed E-state index contributed by atoms with van der Waals surface area (Å²) in [7, 11) is 1.62. The van der Waals surface area contributed by atoms with Crippen LogP contribution in [0.15, 0.2) is 29.3 Å². The van der Waals surface area contributed by atoms with E-state index in [2.05, 4.69) is 4.99 Å². The van der Waals surface area contributed by atoms with Crippen molar-refractivity contribution < 1.29 is 9.53 Å². The summed E-state index contributed by atoms with van der Waals surface area (Å²) in [6.07, 6.45) is 0. The van der Waals surface area contributed by atoms with Gasteiger partial charge in [0.1, 0.15) is 5.75 Å². The van der Waals surface area contributed by atoms with Crippen LogP contribution in [0.2, 0.25) is 0 Å². The number of benzene rings is 1. The van der Waals surface area contributed by atoms with Gasteiger partial charge >= 0.3 is 0 Å². The summed E-state index contributed by atoms with van der Waals surface area (Å²) in [6.45, 7) is 3.45. The van der Waals surface area contributed by atoms with Crippen molar-refractivity contribution in [1.82, 2.24) is 0 Å². The SMILES string of the molecule is COc1ccc(C2(C(C)=O)N=C2C)cc1. The lowest BCUT2D eigenvalue weighted by molar-refractivity contribution is -0.119. The zero-order chi connectivity index (χ0) is 11.1. The fraction of sp³-hybridized carbons (Fsp3) is 0.333. The molecule has 0 amide bonds. The third kappa shape index (κ3) is 1.35. The van der Waals surface area contributed by atoms with E-state index < -0.39 is 5.54 Å². The Morgan fingerprint density at radius 3 is 2.20 bits per heavy atom. The van der Waals surface area contributed by atoms with Gasteiger partial charge in [-0.3, -0.25) is 9.79 Å². The second-order valence-corrected chi connectivity index (χ2v) is 3.69. The Labute approximate surface area is 88.8 Å². The minimum atomic E-state index is -0.660. The van der Waals surface area contributed by atoms with E-state index in [1.54, 1.807) is 14.0 Å². The van der Waals surface area contributed by atoms with Gasteiger partial charge < -0.3 is 4.74 Å². The van der Waals surface area contributed by atoms with Gasteiger partial charge in [0.05, 0.1) is 12.8 Å². The predicted octanol–water partition coefficient (Wildman–Crippen LogP) is 1.95. The summed E-state index contributed by atoms with van der Waals surface area (Å²) >= 11 is 0. The number of nitrogens with zero attached hydrogens (tertiary/aromatic N) is 1. The molecule has 1 aromatic carbocycles. The lowest BCUT2D eigenvalue weighted by atomic mass is 9.90. The molecule has 1 aromatic rings. The van der Waals surface area contributed by atoms with Crippen molar-refractivity contribution in [3.8, 4) is 5.75 Å². The molecule has 15 heavy (non-hydrogen) atoms. The van der Waals surface area contributed by atoms with Gasteiger partial charge in [0.25, 0.3) is 0 Å². The van der Waals surface area contributed by atoms with Gasteiger partial charge in [0.2, 0.25) is 0 Å². The lowest BCUT2D eigenvalue weighted by Crippen LogP contribution is -2.24. The van der Waals surface area contributed by atoms with Gasteiger partial charge in [-0.2, -0.15) is 0 Å².